The first-order valence-corrected chi connectivity index (χ1v) is 8.70. The number of Topliss-reactive ketones (excluding diaryl/α,β-unsaturated/α-hetero) is 1. The van der Waals surface area contributed by atoms with Gasteiger partial charge >= 0.3 is 0 Å². The summed E-state index contributed by atoms with van der Waals surface area (Å²) in [5, 5.41) is 0. The van der Waals surface area contributed by atoms with E-state index in [1.807, 2.05) is 6.08 Å². The summed E-state index contributed by atoms with van der Waals surface area (Å²) in [7, 11) is 0. The molecule has 0 N–H and O–H groups in total. The van der Waals surface area contributed by atoms with Crippen molar-refractivity contribution in [2.24, 2.45) is 11.8 Å². The third-order valence-electron chi connectivity index (χ3n) is 4.80. The Bertz CT molecular complexity index is 583. The third-order valence-corrected chi connectivity index (χ3v) is 4.80. The molecule has 0 spiro atoms. The number of hydrogen-bond acceptors (Lipinski definition) is 2. The molecule has 124 valence electrons. The van der Waals surface area contributed by atoms with Crippen LogP contribution in [0.4, 0.5) is 0 Å². The molecule has 0 bridgehead atoms. The Hall–Kier alpha value is -1.70. The predicted molar refractivity (Wildman–Crippen MR) is 95.1 cm³/mol. The molecule has 2 aliphatic rings. The highest BCUT2D eigenvalue weighted by molar-refractivity contribution is 6.43. The molecule has 2 heteroatoms. The highest BCUT2D eigenvalue weighted by Gasteiger charge is 2.35. The Labute approximate surface area is 140 Å². The smallest absolute Gasteiger partial charge is 0.221 e. The summed E-state index contributed by atoms with van der Waals surface area (Å²) in [5.74, 6) is -0.361. The minimum atomic E-state index is -0.317. The zero-order chi connectivity index (χ0) is 16.8. The number of carbonyl (C=O) groups excluding carboxylic acids is 2. The molecule has 0 saturated heterocycles. The highest BCUT2D eigenvalue weighted by atomic mass is 16.2. The number of hydrogen-bond donors (Lipinski definition) is 0. The van der Waals surface area contributed by atoms with Crippen molar-refractivity contribution in [3.8, 4) is 0 Å². The normalized spacial score (nSPS) is 24.3. The van der Waals surface area contributed by atoms with Gasteiger partial charge in [-0.1, -0.05) is 41.0 Å². The first-order chi connectivity index (χ1) is 11.0. The van der Waals surface area contributed by atoms with Crippen LogP contribution in [-0.4, -0.2) is 11.6 Å². The van der Waals surface area contributed by atoms with Gasteiger partial charge in [-0.3, -0.25) is 9.59 Å². The van der Waals surface area contributed by atoms with Crippen LogP contribution in [0.5, 0.6) is 0 Å². The zero-order valence-corrected chi connectivity index (χ0v) is 14.6. The Morgan fingerprint density at radius 2 is 1.96 bits per heavy atom. The lowest BCUT2D eigenvalue weighted by molar-refractivity contribution is -0.137. The van der Waals surface area contributed by atoms with Crippen LogP contribution >= 0.6 is 0 Å². The van der Waals surface area contributed by atoms with Crippen LogP contribution in [0, 0.1) is 11.8 Å². The number of carbonyl (C=O) groups is 2. The zero-order valence-electron chi connectivity index (χ0n) is 14.6. The van der Waals surface area contributed by atoms with E-state index >= 15 is 0 Å². The highest BCUT2D eigenvalue weighted by Crippen LogP contribution is 2.35. The van der Waals surface area contributed by atoms with Crippen LogP contribution in [0.1, 0.15) is 59.3 Å². The van der Waals surface area contributed by atoms with Crippen molar-refractivity contribution in [3.05, 3.63) is 47.1 Å². The second-order valence-electron chi connectivity index (χ2n) is 7.07. The van der Waals surface area contributed by atoms with E-state index in [0.717, 1.165) is 38.5 Å². The fraction of sp³-hybridized carbons (Fsp3) is 0.524. The second kappa shape index (κ2) is 8.24. The van der Waals surface area contributed by atoms with Crippen molar-refractivity contribution in [1.82, 2.24) is 0 Å². The minimum Gasteiger partial charge on any atom is -0.290 e. The topological polar surface area (TPSA) is 34.1 Å². The standard InChI is InChI=1S/C21H28O2/c1-15(2)6-4-7-16(3)8-5-9-17-10-11-18-12-13-20(22)21(23)19(18)14-17/h6,8,10,12-13,18-19H,4-5,7,9,11,14H2,1-3H3. The van der Waals surface area contributed by atoms with Crippen LogP contribution in [0.3, 0.4) is 0 Å². The monoisotopic (exact) mass is 312 g/mol. The molecular formula is C21H28O2. The maximum Gasteiger partial charge on any atom is 0.221 e. The van der Waals surface area contributed by atoms with Crippen LogP contribution < -0.4 is 0 Å². The summed E-state index contributed by atoms with van der Waals surface area (Å²) in [6.45, 7) is 6.46. The van der Waals surface area contributed by atoms with Gasteiger partial charge in [-0.2, -0.15) is 0 Å². The molecule has 2 unspecified atom stereocenters. The Morgan fingerprint density at radius 1 is 1.17 bits per heavy atom. The van der Waals surface area contributed by atoms with Gasteiger partial charge in [-0.05, 0) is 71.3 Å². The maximum atomic E-state index is 12.0. The van der Waals surface area contributed by atoms with Gasteiger partial charge in [0.2, 0.25) is 11.6 Å². The molecule has 0 heterocycles. The van der Waals surface area contributed by atoms with Gasteiger partial charge in [0.1, 0.15) is 0 Å². The van der Waals surface area contributed by atoms with E-state index in [1.54, 1.807) is 0 Å². The fourth-order valence-electron chi connectivity index (χ4n) is 3.36. The third kappa shape index (κ3) is 5.16. The van der Waals surface area contributed by atoms with Crippen molar-refractivity contribution >= 4 is 11.6 Å². The summed E-state index contributed by atoms with van der Waals surface area (Å²) in [4.78, 5) is 23.6. The molecule has 2 rings (SSSR count). The van der Waals surface area contributed by atoms with E-state index in [4.69, 9.17) is 0 Å². The lowest BCUT2D eigenvalue weighted by atomic mass is 9.73. The first kappa shape index (κ1) is 17.7. The van der Waals surface area contributed by atoms with Gasteiger partial charge < -0.3 is 0 Å². The summed E-state index contributed by atoms with van der Waals surface area (Å²) < 4.78 is 0. The predicted octanol–water partition coefficient (Wildman–Crippen LogP) is 5.12. The van der Waals surface area contributed by atoms with Crippen LogP contribution in [0.2, 0.25) is 0 Å². The largest absolute Gasteiger partial charge is 0.290 e. The average Bonchev–Trinajstić information content (AvgIpc) is 2.51. The summed E-state index contributed by atoms with van der Waals surface area (Å²) in [6, 6.07) is 0. The quantitative estimate of drug-likeness (QED) is 0.504. The molecular weight excluding hydrogens is 284 g/mol. The number of fused-ring (bicyclic) bond motifs is 1. The molecule has 23 heavy (non-hydrogen) atoms. The SMILES string of the molecule is CC(C)=CCCC(C)=CCCC1=CCC2C=CC(=O)C(=O)C2C1. The minimum absolute atomic E-state index is 0.102. The van der Waals surface area contributed by atoms with Crippen LogP contribution in [0.15, 0.2) is 47.1 Å². The molecule has 0 aromatic carbocycles. The van der Waals surface area contributed by atoms with Crippen LogP contribution in [0.25, 0.3) is 0 Å². The van der Waals surface area contributed by atoms with E-state index in [1.165, 1.54) is 22.8 Å². The Balaban J connectivity index is 1.82. The van der Waals surface area contributed by atoms with Gasteiger partial charge in [0, 0.05) is 5.92 Å². The average molecular weight is 312 g/mol. The molecule has 0 aromatic rings. The van der Waals surface area contributed by atoms with E-state index in [2.05, 4.69) is 39.0 Å². The molecule has 2 atom stereocenters. The first-order valence-electron chi connectivity index (χ1n) is 8.70. The molecule has 0 aromatic heterocycles. The van der Waals surface area contributed by atoms with E-state index in [-0.39, 0.29) is 23.4 Å². The number of ketones is 2. The van der Waals surface area contributed by atoms with Crippen molar-refractivity contribution in [3.63, 3.8) is 0 Å². The summed E-state index contributed by atoms with van der Waals surface area (Å²) in [5.41, 5.74) is 4.15. The number of allylic oxidation sites excluding steroid dienone is 8. The van der Waals surface area contributed by atoms with Crippen molar-refractivity contribution in [1.29, 1.82) is 0 Å². The van der Waals surface area contributed by atoms with Crippen molar-refractivity contribution in [2.45, 2.75) is 59.3 Å². The molecule has 0 radical (unpaired) electrons. The van der Waals surface area contributed by atoms with Crippen LogP contribution in [-0.2, 0) is 9.59 Å². The summed E-state index contributed by atoms with van der Waals surface area (Å²) in [6.07, 6.45) is 16.2. The van der Waals surface area contributed by atoms with Gasteiger partial charge in [0.15, 0.2) is 0 Å². The van der Waals surface area contributed by atoms with Gasteiger partial charge in [-0.15, -0.1) is 0 Å². The molecule has 2 aliphatic carbocycles. The molecule has 0 amide bonds. The van der Waals surface area contributed by atoms with Gasteiger partial charge in [-0.25, -0.2) is 0 Å². The Kier molecular flexibility index (Phi) is 6.32. The van der Waals surface area contributed by atoms with Gasteiger partial charge in [0.25, 0.3) is 0 Å². The maximum absolute atomic E-state index is 12.0. The lowest BCUT2D eigenvalue weighted by Crippen LogP contribution is -2.33. The molecule has 2 nitrogen and oxygen atoms in total. The van der Waals surface area contributed by atoms with E-state index < -0.39 is 0 Å². The van der Waals surface area contributed by atoms with E-state index in [0.29, 0.717) is 0 Å². The Morgan fingerprint density at radius 3 is 2.70 bits per heavy atom. The number of rotatable bonds is 6. The van der Waals surface area contributed by atoms with Crippen molar-refractivity contribution in [2.75, 3.05) is 0 Å². The molecule has 0 aliphatic heterocycles. The van der Waals surface area contributed by atoms with Crippen molar-refractivity contribution < 1.29 is 9.59 Å². The second-order valence-corrected chi connectivity index (χ2v) is 7.07. The summed E-state index contributed by atoms with van der Waals surface area (Å²) >= 11 is 0. The fourth-order valence-corrected chi connectivity index (χ4v) is 3.36. The molecule has 0 fully saturated rings. The lowest BCUT2D eigenvalue weighted by Gasteiger charge is -2.30. The van der Waals surface area contributed by atoms with Gasteiger partial charge in [0.05, 0.1) is 0 Å². The molecule has 0 saturated carbocycles. The van der Waals surface area contributed by atoms with E-state index in [9.17, 15) is 9.59 Å².